The Bertz CT molecular complexity index is 529. The van der Waals surface area contributed by atoms with Gasteiger partial charge in [-0.2, -0.15) is 0 Å². The Balaban J connectivity index is 1.56. The highest BCUT2D eigenvalue weighted by molar-refractivity contribution is 5.82. The van der Waals surface area contributed by atoms with Crippen LogP contribution in [0.1, 0.15) is 13.3 Å². The highest BCUT2D eigenvalue weighted by atomic mass is 16.5. The first-order chi connectivity index (χ1) is 10.7. The van der Waals surface area contributed by atoms with Crippen molar-refractivity contribution in [3.8, 4) is 5.75 Å². The van der Waals surface area contributed by atoms with Crippen LogP contribution in [0.15, 0.2) is 24.3 Å². The van der Waals surface area contributed by atoms with E-state index >= 15 is 0 Å². The Morgan fingerprint density at radius 1 is 1.23 bits per heavy atom. The maximum absolute atomic E-state index is 12.5. The van der Waals surface area contributed by atoms with Crippen molar-refractivity contribution >= 4 is 11.6 Å². The normalized spacial score (nSPS) is 25.4. The second kappa shape index (κ2) is 6.54. The Hall–Kier alpha value is -1.79. The number of benzene rings is 1. The molecule has 1 aromatic carbocycles. The van der Waals surface area contributed by atoms with Crippen LogP contribution in [-0.2, 0) is 4.79 Å². The lowest BCUT2D eigenvalue weighted by Gasteiger charge is -2.37. The summed E-state index contributed by atoms with van der Waals surface area (Å²) in [5.74, 6) is 1.08. The molecule has 0 aliphatic carbocycles. The molecule has 0 bridgehead atoms. The quantitative estimate of drug-likeness (QED) is 0.856. The molecule has 6 heteroatoms. The van der Waals surface area contributed by atoms with Gasteiger partial charge in [-0.1, -0.05) is 6.07 Å². The summed E-state index contributed by atoms with van der Waals surface area (Å²) in [6.45, 7) is 5.33. The molecule has 2 fully saturated rings. The summed E-state index contributed by atoms with van der Waals surface area (Å²) in [6, 6.07) is 8.35. The summed E-state index contributed by atoms with van der Waals surface area (Å²) in [5, 5.41) is 0. The van der Waals surface area contributed by atoms with Crippen molar-refractivity contribution in [3.05, 3.63) is 24.3 Å². The Kier molecular flexibility index (Phi) is 4.49. The molecule has 2 saturated heterocycles. The molecule has 1 amide bonds. The lowest BCUT2D eigenvalue weighted by molar-refractivity contribution is -0.133. The van der Waals surface area contributed by atoms with Crippen LogP contribution in [0, 0.1) is 0 Å². The lowest BCUT2D eigenvalue weighted by atomic mass is 10.1. The van der Waals surface area contributed by atoms with Gasteiger partial charge in [0.15, 0.2) is 0 Å². The minimum absolute atomic E-state index is 0.0848. The van der Waals surface area contributed by atoms with Gasteiger partial charge in [0.1, 0.15) is 11.8 Å². The van der Waals surface area contributed by atoms with E-state index in [4.69, 9.17) is 4.74 Å². The van der Waals surface area contributed by atoms with Crippen LogP contribution in [0.5, 0.6) is 5.75 Å². The van der Waals surface area contributed by atoms with E-state index in [0.717, 1.165) is 44.0 Å². The molecule has 0 radical (unpaired) electrons. The number of carbonyl (C=O) groups is 1. The molecule has 2 atom stereocenters. The van der Waals surface area contributed by atoms with Crippen molar-refractivity contribution in [1.82, 2.24) is 15.8 Å². The number of nitrogens with zero attached hydrogens (tertiary/aromatic N) is 2. The summed E-state index contributed by atoms with van der Waals surface area (Å²) >= 11 is 0. The van der Waals surface area contributed by atoms with E-state index in [0.29, 0.717) is 6.04 Å². The van der Waals surface area contributed by atoms with Gasteiger partial charge < -0.3 is 14.5 Å². The first-order valence-corrected chi connectivity index (χ1v) is 7.86. The Morgan fingerprint density at radius 3 is 2.64 bits per heavy atom. The van der Waals surface area contributed by atoms with Crippen LogP contribution in [-0.4, -0.2) is 56.2 Å². The fraction of sp³-hybridized carbons (Fsp3) is 0.562. The molecule has 6 nitrogen and oxygen atoms in total. The Morgan fingerprint density at radius 2 is 2.00 bits per heavy atom. The van der Waals surface area contributed by atoms with Gasteiger partial charge in [0, 0.05) is 44.0 Å². The number of methoxy groups -OCH3 is 1. The standard InChI is InChI=1S/C16H24N4O2/c1-12-10-15(18-17-12)16(21)20-8-6-19(7-9-20)13-4-3-5-14(11-13)22-2/h3-5,11-12,15,17-18H,6-10H2,1-2H3. The smallest absolute Gasteiger partial charge is 0.241 e. The number of ether oxygens (including phenoxy) is 1. The molecule has 0 saturated carbocycles. The third kappa shape index (κ3) is 3.18. The molecule has 0 spiro atoms. The summed E-state index contributed by atoms with van der Waals surface area (Å²) < 4.78 is 5.28. The highest BCUT2D eigenvalue weighted by Gasteiger charge is 2.31. The van der Waals surface area contributed by atoms with Gasteiger partial charge in [-0.3, -0.25) is 10.2 Å². The zero-order valence-corrected chi connectivity index (χ0v) is 13.2. The molecule has 0 aromatic heterocycles. The molecule has 2 aliphatic rings. The maximum Gasteiger partial charge on any atom is 0.241 e. The first kappa shape index (κ1) is 15.1. The van der Waals surface area contributed by atoms with E-state index in [-0.39, 0.29) is 11.9 Å². The molecule has 1 aromatic rings. The zero-order valence-electron chi connectivity index (χ0n) is 13.2. The molecular formula is C16H24N4O2. The first-order valence-electron chi connectivity index (χ1n) is 7.86. The van der Waals surface area contributed by atoms with Gasteiger partial charge in [0.05, 0.1) is 7.11 Å². The second-order valence-electron chi connectivity index (χ2n) is 5.99. The van der Waals surface area contributed by atoms with Gasteiger partial charge in [-0.15, -0.1) is 0 Å². The largest absolute Gasteiger partial charge is 0.497 e. The van der Waals surface area contributed by atoms with Crippen molar-refractivity contribution in [2.24, 2.45) is 0 Å². The van der Waals surface area contributed by atoms with Crippen LogP contribution in [0.2, 0.25) is 0 Å². The number of carbonyl (C=O) groups excluding carboxylic acids is 1. The fourth-order valence-corrected chi connectivity index (χ4v) is 3.09. The van der Waals surface area contributed by atoms with Gasteiger partial charge >= 0.3 is 0 Å². The Labute approximate surface area is 131 Å². The summed E-state index contributed by atoms with van der Waals surface area (Å²) in [4.78, 5) is 16.7. The van der Waals surface area contributed by atoms with Crippen molar-refractivity contribution in [2.75, 3.05) is 38.2 Å². The lowest BCUT2D eigenvalue weighted by Crippen LogP contribution is -2.53. The third-order valence-corrected chi connectivity index (χ3v) is 4.40. The highest BCUT2D eigenvalue weighted by Crippen LogP contribution is 2.22. The van der Waals surface area contributed by atoms with Crippen molar-refractivity contribution in [1.29, 1.82) is 0 Å². The van der Waals surface area contributed by atoms with E-state index in [1.165, 1.54) is 0 Å². The molecule has 2 aliphatic heterocycles. The van der Waals surface area contributed by atoms with Crippen LogP contribution in [0.25, 0.3) is 0 Å². The maximum atomic E-state index is 12.5. The second-order valence-corrected chi connectivity index (χ2v) is 5.99. The van der Waals surface area contributed by atoms with Crippen LogP contribution >= 0.6 is 0 Å². The van der Waals surface area contributed by atoms with Crippen molar-refractivity contribution in [3.63, 3.8) is 0 Å². The van der Waals surface area contributed by atoms with Gasteiger partial charge in [-0.25, -0.2) is 5.43 Å². The van der Waals surface area contributed by atoms with Gasteiger partial charge in [-0.05, 0) is 25.5 Å². The van der Waals surface area contributed by atoms with Crippen LogP contribution in [0.3, 0.4) is 0 Å². The van der Waals surface area contributed by atoms with Gasteiger partial charge in [0.2, 0.25) is 5.91 Å². The molecule has 22 heavy (non-hydrogen) atoms. The number of piperazine rings is 1. The van der Waals surface area contributed by atoms with E-state index < -0.39 is 0 Å². The minimum atomic E-state index is -0.0848. The molecule has 120 valence electrons. The van der Waals surface area contributed by atoms with Gasteiger partial charge in [0.25, 0.3) is 0 Å². The number of hydrogen-bond acceptors (Lipinski definition) is 5. The average molecular weight is 304 g/mol. The molecule has 3 rings (SSSR count). The summed E-state index contributed by atoms with van der Waals surface area (Å²) in [7, 11) is 1.68. The topological polar surface area (TPSA) is 56.8 Å². The predicted octanol–water partition coefficient (Wildman–Crippen LogP) is 0.599. The molecule has 2 unspecified atom stereocenters. The summed E-state index contributed by atoms with van der Waals surface area (Å²) in [6.07, 6.45) is 0.856. The number of amides is 1. The van der Waals surface area contributed by atoms with E-state index in [9.17, 15) is 4.79 Å². The van der Waals surface area contributed by atoms with E-state index in [2.05, 4.69) is 28.7 Å². The fourth-order valence-electron chi connectivity index (χ4n) is 3.09. The monoisotopic (exact) mass is 304 g/mol. The number of anilines is 1. The number of hydrogen-bond donors (Lipinski definition) is 2. The molecular weight excluding hydrogens is 280 g/mol. The van der Waals surface area contributed by atoms with E-state index in [1.54, 1.807) is 7.11 Å². The van der Waals surface area contributed by atoms with Crippen molar-refractivity contribution in [2.45, 2.75) is 25.4 Å². The number of hydrazine groups is 1. The van der Waals surface area contributed by atoms with E-state index in [1.807, 2.05) is 23.1 Å². The molecule has 2 N–H and O–H groups in total. The van der Waals surface area contributed by atoms with Crippen molar-refractivity contribution < 1.29 is 9.53 Å². The summed E-state index contributed by atoms with van der Waals surface area (Å²) in [5.41, 5.74) is 7.36. The third-order valence-electron chi connectivity index (χ3n) is 4.40. The molecule has 2 heterocycles. The number of rotatable bonds is 3. The number of nitrogens with one attached hydrogen (secondary N) is 2. The van der Waals surface area contributed by atoms with Crippen LogP contribution < -0.4 is 20.5 Å². The average Bonchev–Trinajstić information content (AvgIpc) is 3.01. The predicted molar refractivity (Wildman–Crippen MR) is 85.9 cm³/mol. The van der Waals surface area contributed by atoms with Crippen LogP contribution in [0.4, 0.5) is 5.69 Å². The minimum Gasteiger partial charge on any atom is -0.497 e. The SMILES string of the molecule is COc1cccc(N2CCN(C(=O)C3CC(C)NN3)CC2)c1. The zero-order chi connectivity index (χ0) is 15.5.